The Balaban J connectivity index is 0.00000192. The lowest BCUT2D eigenvalue weighted by atomic mass is 9.65. The molecule has 1 aromatic rings. The fourth-order valence-electron chi connectivity index (χ4n) is 3.95. The van der Waals surface area contributed by atoms with Crippen LogP contribution in [0.25, 0.3) is 0 Å². The van der Waals surface area contributed by atoms with Gasteiger partial charge in [0.15, 0.2) is 0 Å². The summed E-state index contributed by atoms with van der Waals surface area (Å²) in [6, 6.07) is 3.83. The second-order valence-corrected chi connectivity index (χ2v) is 8.35. The summed E-state index contributed by atoms with van der Waals surface area (Å²) in [6.07, 6.45) is 4.64. The lowest BCUT2D eigenvalue weighted by molar-refractivity contribution is -0.128. The molecule has 1 heterocycles. The van der Waals surface area contributed by atoms with Crippen LogP contribution in [0.1, 0.15) is 43.1 Å². The molecule has 3 rings (SSSR count). The number of carbonyl (C=O) groups is 1. The smallest absolute Gasteiger partial charge is 0.223 e. The summed E-state index contributed by atoms with van der Waals surface area (Å²) in [6.45, 7) is 0.244. The van der Waals surface area contributed by atoms with Crippen molar-refractivity contribution in [2.75, 3.05) is 6.54 Å². The summed E-state index contributed by atoms with van der Waals surface area (Å²) >= 11 is 7.21. The van der Waals surface area contributed by atoms with E-state index in [1.165, 1.54) is 17.8 Å². The molecule has 2 saturated carbocycles. The summed E-state index contributed by atoms with van der Waals surface area (Å²) in [7, 11) is 0. The number of aliphatic hydroxyl groups excluding tert-OH is 1. The van der Waals surface area contributed by atoms with Gasteiger partial charge in [0.1, 0.15) is 6.10 Å². The van der Waals surface area contributed by atoms with Crippen LogP contribution in [0.2, 0.25) is 4.34 Å². The van der Waals surface area contributed by atoms with Gasteiger partial charge in [0.2, 0.25) is 5.91 Å². The van der Waals surface area contributed by atoms with Gasteiger partial charge in [0.25, 0.3) is 0 Å². The van der Waals surface area contributed by atoms with Gasteiger partial charge in [-0.05, 0) is 49.7 Å². The number of fused-ring (bicyclic) bond motifs is 2. The number of nitrogens with one attached hydrogen (secondary N) is 1. The second kappa shape index (κ2) is 8.17. The molecule has 2 aliphatic rings. The van der Waals surface area contributed by atoms with Gasteiger partial charge in [-0.2, -0.15) is 0 Å². The molecule has 3 atom stereocenters. The molecule has 23 heavy (non-hydrogen) atoms. The Labute approximate surface area is 152 Å². The number of rotatable bonds is 4. The number of nitrogens with two attached hydrogens (primary N) is 1. The van der Waals surface area contributed by atoms with Crippen LogP contribution in [-0.4, -0.2) is 23.6 Å². The van der Waals surface area contributed by atoms with E-state index in [-0.39, 0.29) is 36.8 Å². The maximum atomic E-state index is 12.4. The molecule has 0 aliphatic heterocycles. The molecular formula is C16H24Cl2N2O2S. The number of halogens is 2. The van der Waals surface area contributed by atoms with Gasteiger partial charge >= 0.3 is 0 Å². The van der Waals surface area contributed by atoms with Gasteiger partial charge in [-0.15, -0.1) is 23.7 Å². The van der Waals surface area contributed by atoms with Crippen molar-refractivity contribution in [2.45, 2.75) is 44.2 Å². The summed E-state index contributed by atoms with van der Waals surface area (Å²) < 4.78 is 0.648. The maximum Gasteiger partial charge on any atom is 0.223 e. The van der Waals surface area contributed by atoms with Crippen LogP contribution < -0.4 is 11.1 Å². The number of hydrogen-bond donors (Lipinski definition) is 3. The van der Waals surface area contributed by atoms with Crippen LogP contribution in [0.4, 0.5) is 0 Å². The molecule has 7 heteroatoms. The Morgan fingerprint density at radius 2 is 2.04 bits per heavy atom. The third kappa shape index (κ3) is 4.40. The zero-order chi connectivity index (χ0) is 15.7. The van der Waals surface area contributed by atoms with E-state index in [0.29, 0.717) is 16.2 Å². The first-order valence-corrected chi connectivity index (χ1v) is 9.20. The number of thiophene rings is 1. The molecule has 0 spiro atoms. The van der Waals surface area contributed by atoms with E-state index in [0.717, 1.165) is 30.6 Å². The summed E-state index contributed by atoms with van der Waals surface area (Å²) in [5.41, 5.74) is 6.26. The fourth-order valence-corrected chi connectivity index (χ4v) is 5.00. The number of hydrogen-bond acceptors (Lipinski definition) is 4. The average molecular weight is 379 g/mol. The van der Waals surface area contributed by atoms with Gasteiger partial charge in [-0.25, -0.2) is 0 Å². The predicted molar refractivity (Wildman–Crippen MR) is 96.1 cm³/mol. The lowest BCUT2D eigenvalue weighted by Gasteiger charge is -2.43. The molecular weight excluding hydrogens is 355 g/mol. The molecule has 2 fully saturated rings. The van der Waals surface area contributed by atoms with Gasteiger partial charge < -0.3 is 16.2 Å². The van der Waals surface area contributed by atoms with E-state index in [1.807, 2.05) is 0 Å². The molecule has 0 radical (unpaired) electrons. The van der Waals surface area contributed by atoms with Crippen molar-refractivity contribution in [3.63, 3.8) is 0 Å². The van der Waals surface area contributed by atoms with E-state index < -0.39 is 6.10 Å². The molecule has 4 nitrogen and oxygen atoms in total. The van der Waals surface area contributed by atoms with Crippen molar-refractivity contribution >= 4 is 41.3 Å². The zero-order valence-corrected chi connectivity index (χ0v) is 15.3. The highest BCUT2D eigenvalue weighted by molar-refractivity contribution is 7.16. The Bertz CT molecular complexity index is 526. The summed E-state index contributed by atoms with van der Waals surface area (Å²) in [5, 5.41) is 13.0. The minimum Gasteiger partial charge on any atom is -0.386 e. The molecule has 0 aromatic carbocycles. The van der Waals surface area contributed by atoms with Crippen molar-refractivity contribution in [1.82, 2.24) is 5.32 Å². The first-order chi connectivity index (χ1) is 10.5. The van der Waals surface area contributed by atoms with Crippen LogP contribution in [0.15, 0.2) is 12.1 Å². The molecule has 4 N–H and O–H groups in total. The van der Waals surface area contributed by atoms with Crippen molar-refractivity contribution in [2.24, 2.45) is 23.5 Å². The topological polar surface area (TPSA) is 75.4 Å². The van der Waals surface area contributed by atoms with Gasteiger partial charge in [-0.3, -0.25) is 4.79 Å². The molecule has 1 aromatic heterocycles. The number of carbonyl (C=O) groups excluding carboxylic acids is 1. The third-order valence-corrected chi connectivity index (χ3v) is 6.51. The minimum atomic E-state index is -0.688. The van der Waals surface area contributed by atoms with E-state index in [1.54, 1.807) is 12.1 Å². The maximum absolute atomic E-state index is 12.4. The Morgan fingerprint density at radius 3 is 2.61 bits per heavy atom. The highest BCUT2D eigenvalue weighted by Crippen LogP contribution is 2.41. The summed E-state index contributed by atoms with van der Waals surface area (Å²) in [4.78, 5) is 13.2. The molecule has 3 unspecified atom stereocenters. The normalized spacial score (nSPS) is 31.1. The Kier molecular flexibility index (Phi) is 6.75. The van der Waals surface area contributed by atoms with Crippen molar-refractivity contribution < 1.29 is 9.90 Å². The van der Waals surface area contributed by atoms with Gasteiger partial charge in [0, 0.05) is 23.4 Å². The van der Waals surface area contributed by atoms with Crippen LogP contribution in [0.5, 0.6) is 0 Å². The predicted octanol–water partition coefficient (Wildman–Crippen LogP) is 3.13. The fraction of sp³-hybridized carbons (Fsp3) is 0.688. The second-order valence-electron chi connectivity index (χ2n) is 6.60. The highest BCUT2D eigenvalue weighted by atomic mass is 35.5. The molecule has 2 aliphatic carbocycles. The minimum absolute atomic E-state index is 0. The van der Waals surface area contributed by atoms with Crippen molar-refractivity contribution in [3.8, 4) is 0 Å². The summed E-state index contributed by atoms with van der Waals surface area (Å²) in [5.74, 6) is 1.09. The van der Waals surface area contributed by atoms with Gasteiger partial charge in [-0.1, -0.05) is 18.0 Å². The molecule has 0 saturated heterocycles. The van der Waals surface area contributed by atoms with E-state index in [9.17, 15) is 9.90 Å². The Morgan fingerprint density at radius 1 is 1.39 bits per heavy atom. The van der Waals surface area contributed by atoms with E-state index in [4.69, 9.17) is 17.3 Å². The largest absolute Gasteiger partial charge is 0.386 e. The highest BCUT2D eigenvalue weighted by Gasteiger charge is 2.40. The van der Waals surface area contributed by atoms with Crippen LogP contribution in [0, 0.1) is 17.8 Å². The van der Waals surface area contributed by atoms with E-state index in [2.05, 4.69) is 5.32 Å². The molecule has 130 valence electrons. The van der Waals surface area contributed by atoms with E-state index >= 15 is 0 Å². The van der Waals surface area contributed by atoms with Crippen LogP contribution in [-0.2, 0) is 4.79 Å². The number of aliphatic hydroxyl groups is 1. The average Bonchev–Trinajstić information content (AvgIpc) is 2.91. The zero-order valence-electron chi connectivity index (χ0n) is 12.9. The quantitative estimate of drug-likeness (QED) is 0.753. The first-order valence-electron chi connectivity index (χ1n) is 8.01. The van der Waals surface area contributed by atoms with Crippen LogP contribution in [0.3, 0.4) is 0 Å². The lowest BCUT2D eigenvalue weighted by Crippen LogP contribution is -2.49. The SMILES string of the molecule is Cl.NC1C2CCCC1CC(C(=O)NCC(O)c1ccc(Cl)s1)C2. The van der Waals surface area contributed by atoms with Crippen molar-refractivity contribution in [1.29, 1.82) is 0 Å². The van der Waals surface area contributed by atoms with Crippen LogP contribution >= 0.6 is 35.3 Å². The molecule has 2 bridgehead atoms. The monoisotopic (exact) mass is 378 g/mol. The Hall–Kier alpha value is -0.330. The third-order valence-electron chi connectivity index (χ3n) is 5.18. The number of amides is 1. The standard InChI is InChI=1S/C16H23ClN2O2S.ClH/c17-14-5-4-13(22-14)12(20)8-19-16(21)11-6-9-2-1-3-10(7-11)15(9)18;/h4-5,9-12,15,20H,1-3,6-8,18H2,(H,19,21);1H. The first kappa shape index (κ1) is 19.0. The van der Waals surface area contributed by atoms with Crippen molar-refractivity contribution in [3.05, 3.63) is 21.3 Å². The molecule has 1 amide bonds. The van der Waals surface area contributed by atoms with Gasteiger partial charge in [0.05, 0.1) is 4.34 Å².